The maximum absolute atomic E-state index is 11.9. The second-order valence-corrected chi connectivity index (χ2v) is 10.6. The van der Waals surface area contributed by atoms with E-state index in [1.807, 2.05) is 12.1 Å². The van der Waals surface area contributed by atoms with Crippen molar-refractivity contribution in [2.45, 2.75) is 50.4 Å². The Hall–Kier alpha value is -3.44. The Balaban J connectivity index is 1.63. The molecule has 0 unspecified atom stereocenters. The van der Waals surface area contributed by atoms with Crippen molar-refractivity contribution in [1.29, 1.82) is 0 Å². The highest BCUT2D eigenvalue weighted by Crippen LogP contribution is 2.43. The molecule has 1 aliphatic rings. The summed E-state index contributed by atoms with van der Waals surface area (Å²) in [6.07, 6.45) is 1.66. The molecule has 0 aliphatic heterocycles. The van der Waals surface area contributed by atoms with E-state index < -0.39 is 36.9 Å². The molecule has 0 radical (unpaired) electrons. The quantitative estimate of drug-likeness (QED) is 0.194. The molecule has 0 bridgehead atoms. The minimum absolute atomic E-state index is 0.0451. The third kappa shape index (κ3) is 7.08. The van der Waals surface area contributed by atoms with Crippen molar-refractivity contribution in [2.75, 3.05) is 28.1 Å². The van der Waals surface area contributed by atoms with Gasteiger partial charge >= 0.3 is 0 Å². The normalized spacial score (nSPS) is 23.2. The molecule has 0 amide bonds. The van der Waals surface area contributed by atoms with E-state index in [9.17, 15) is 25.5 Å². The van der Waals surface area contributed by atoms with Gasteiger partial charge in [-0.15, -0.1) is 0 Å². The molecule has 1 aromatic heterocycles. The fourth-order valence-electron chi connectivity index (χ4n) is 6.17. The summed E-state index contributed by atoms with van der Waals surface area (Å²) in [5, 5.41) is 53.3. The monoisotopic (exact) mass is 570 g/mol. The van der Waals surface area contributed by atoms with Crippen molar-refractivity contribution in [2.24, 2.45) is 17.8 Å². The molecule has 4 rings (SSSR count). The number of aryl methyl sites for hydroxylation is 1. The van der Waals surface area contributed by atoms with Crippen molar-refractivity contribution in [1.82, 2.24) is 4.98 Å². The molecule has 41 heavy (non-hydrogen) atoms. The summed E-state index contributed by atoms with van der Waals surface area (Å²) in [5.41, 5.74) is 2.49. The Bertz CT molecular complexity index is 1220. The third-order valence-corrected chi connectivity index (χ3v) is 8.19. The van der Waals surface area contributed by atoms with Crippen molar-refractivity contribution in [3.05, 3.63) is 65.5 Å². The molecule has 1 fully saturated rings. The molecule has 10 heteroatoms. The first kappa shape index (κ1) is 30.5. The van der Waals surface area contributed by atoms with E-state index in [1.165, 1.54) is 21.3 Å². The number of phenolic OH excluding ortho intramolecular Hbond substituents is 2. The van der Waals surface area contributed by atoms with Gasteiger partial charge in [-0.3, -0.25) is 0 Å². The number of phenols is 2. The van der Waals surface area contributed by atoms with Crippen LogP contribution in [0.5, 0.6) is 28.7 Å². The van der Waals surface area contributed by atoms with Crippen LogP contribution in [0.1, 0.15) is 29.7 Å². The Morgan fingerprint density at radius 1 is 0.902 bits per heavy atom. The first-order valence-corrected chi connectivity index (χ1v) is 13.7. The van der Waals surface area contributed by atoms with Crippen molar-refractivity contribution in [3.63, 3.8) is 0 Å². The van der Waals surface area contributed by atoms with E-state index in [4.69, 9.17) is 18.9 Å². The van der Waals surface area contributed by atoms with Crippen LogP contribution in [0.3, 0.4) is 0 Å². The summed E-state index contributed by atoms with van der Waals surface area (Å²) in [7, 11) is 4.38. The molecule has 6 atom stereocenters. The van der Waals surface area contributed by atoms with Gasteiger partial charge in [-0.1, -0.05) is 18.2 Å². The van der Waals surface area contributed by atoms with Gasteiger partial charge in [-0.05, 0) is 73.4 Å². The topological polar surface area (TPSA) is 152 Å². The zero-order valence-electron chi connectivity index (χ0n) is 23.6. The van der Waals surface area contributed by atoms with Crippen LogP contribution in [0.25, 0.3) is 0 Å². The van der Waals surface area contributed by atoms with Gasteiger partial charge in [0.2, 0.25) is 5.75 Å². The number of benzene rings is 2. The van der Waals surface area contributed by atoms with Gasteiger partial charge in [0.1, 0.15) is 6.79 Å². The van der Waals surface area contributed by atoms with Gasteiger partial charge in [0.05, 0.1) is 39.6 Å². The van der Waals surface area contributed by atoms with E-state index in [2.05, 4.69) is 4.98 Å². The largest absolute Gasteiger partial charge is 0.668 e. The third-order valence-electron chi connectivity index (χ3n) is 8.19. The first-order valence-electron chi connectivity index (χ1n) is 13.7. The van der Waals surface area contributed by atoms with E-state index in [1.54, 1.807) is 36.5 Å². The number of aliphatic hydroxyl groups excluding tert-OH is 3. The van der Waals surface area contributed by atoms with Crippen molar-refractivity contribution in [3.8, 4) is 28.7 Å². The predicted molar refractivity (Wildman–Crippen MR) is 150 cm³/mol. The second-order valence-electron chi connectivity index (χ2n) is 10.6. The lowest BCUT2D eigenvalue weighted by Gasteiger charge is -2.47. The summed E-state index contributed by atoms with van der Waals surface area (Å²) < 4.78 is 21.7. The van der Waals surface area contributed by atoms with E-state index in [0.717, 1.165) is 16.8 Å². The van der Waals surface area contributed by atoms with Crippen LogP contribution in [0.15, 0.2) is 48.7 Å². The molecule has 1 saturated carbocycles. The molecule has 10 nitrogen and oxygen atoms in total. The fraction of sp³-hybridized carbons (Fsp3) is 0.484. The van der Waals surface area contributed by atoms with Crippen LogP contribution in [-0.4, -0.2) is 72.0 Å². The van der Waals surface area contributed by atoms with Gasteiger partial charge in [0, 0.05) is 11.8 Å². The Labute approximate surface area is 240 Å². The second kappa shape index (κ2) is 14.0. The standard InChI is InChI=1S/C31H40NO9/c1-38-26-12-18(6-8-23(26)34)7-9-25(41-17-33)29-20(15-21-5-4-10-32-21)16-24(35)22(30(29)36)11-19-13-27(39-2)31(37)28(14-19)40-3/h4-6,8,10,12-14,20,22,24-25,29-30,33-37H,7,9,11,15-17H2,1-3H3/q-1/t20-,22-,24-,25-,29+,30-/m0/s1. The lowest BCUT2D eigenvalue weighted by molar-refractivity contribution is -0.156. The van der Waals surface area contributed by atoms with Gasteiger partial charge in [-0.2, -0.15) is 11.9 Å². The Morgan fingerprint density at radius 3 is 2.20 bits per heavy atom. The lowest BCUT2D eigenvalue weighted by atomic mass is 9.65. The Morgan fingerprint density at radius 2 is 1.59 bits per heavy atom. The SMILES string of the molecule is COc1cc(CC[C@H](OCO)[C@H]2[C@@H](Cc3ccc[n-]3)C[C@H](O)[C@H](Cc3cc(OC)c(O)c(OC)c3)[C@@H]2O)ccc1O. The van der Waals surface area contributed by atoms with E-state index >= 15 is 0 Å². The minimum Gasteiger partial charge on any atom is -0.668 e. The van der Waals surface area contributed by atoms with Crippen LogP contribution in [0, 0.1) is 17.8 Å². The maximum Gasteiger partial charge on any atom is 0.200 e. The number of hydrogen-bond acceptors (Lipinski definition) is 9. The van der Waals surface area contributed by atoms with Crippen LogP contribution in [0.4, 0.5) is 0 Å². The molecule has 1 aliphatic carbocycles. The molecular formula is C31H40NO9-. The van der Waals surface area contributed by atoms with Crippen LogP contribution in [-0.2, 0) is 24.0 Å². The highest BCUT2D eigenvalue weighted by atomic mass is 16.6. The highest BCUT2D eigenvalue weighted by Gasteiger charge is 2.46. The van der Waals surface area contributed by atoms with Gasteiger partial charge in [0.15, 0.2) is 23.0 Å². The molecule has 5 N–H and O–H groups in total. The summed E-state index contributed by atoms with van der Waals surface area (Å²) in [5.74, 6) is -0.379. The van der Waals surface area contributed by atoms with Crippen molar-refractivity contribution < 1.29 is 44.5 Å². The molecular weight excluding hydrogens is 530 g/mol. The highest BCUT2D eigenvalue weighted by molar-refractivity contribution is 5.53. The predicted octanol–water partition coefficient (Wildman–Crippen LogP) is 2.81. The number of methoxy groups -OCH3 is 3. The molecule has 0 saturated heterocycles. The maximum atomic E-state index is 11.9. The number of aliphatic hydroxyl groups is 3. The average Bonchev–Trinajstić information content (AvgIpc) is 3.48. The van der Waals surface area contributed by atoms with E-state index in [0.29, 0.717) is 37.9 Å². The van der Waals surface area contributed by atoms with Crippen LogP contribution >= 0.6 is 0 Å². The summed E-state index contributed by atoms with van der Waals surface area (Å²) in [4.78, 5) is 4.41. The zero-order valence-corrected chi connectivity index (χ0v) is 23.6. The van der Waals surface area contributed by atoms with Crippen LogP contribution in [0.2, 0.25) is 0 Å². The number of nitrogens with zero attached hydrogens (tertiary/aromatic N) is 1. The molecule has 224 valence electrons. The van der Waals surface area contributed by atoms with Gasteiger partial charge in [-0.25, -0.2) is 0 Å². The molecule has 0 spiro atoms. The number of rotatable bonds is 13. The fourth-order valence-corrected chi connectivity index (χ4v) is 6.17. The Kier molecular flexibility index (Phi) is 10.4. The zero-order chi connectivity index (χ0) is 29.5. The van der Waals surface area contributed by atoms with Gasteiger partial charge in [0.25, 0.3) is 0 Å². The lowest BCUT2D eigenvalue weighted by Crippen LogP contribution is -2.53. The number of ether oxygens (including phenoxy) is 4. The molecule has 1 heterocycles. The first-order chi connectivity index (χ1) is 19.8. The molecule has 3 aromatic rings. The van der Waals surface area contributed by atoms with Crippen molar-refractivity contribution >= 4 is 0 Å². The average molecular weight is 571 g/mol. The number of hydrogen-bond donors (Lipinski definition) is 5. The van der Waals surface area contributed by atoms with Crippen LogP contribution < -0.4 is 19.2 Å². The summed E-state index contributed by atoms with van der Waals surface area (Å²) >= 11 is 0. The molecule has 2 aromatic carbocycles. The van der Waals surface area contributed by atoms with E-state index in [-0.39, 0.29) is 28.9 Å². The summed E-state index contributed by atoms with van der Waals surface area (Å²) in [6.45, 7) is -0.520. The minimum atomic E-state index is -0.976. The smallest absolute Gasteiger partial charge is 0.200 e. The summed E-state index contributed by atoms with van der Waals surface area (Å²) in [6, 6.07) is 12.2. The van der Waals surface area contributed by atoms with Gasteiger partial charge < -0.3 is 49.5 Å². The number of aromatic hydroxyl groups is 2. The number of aromatic nitrogens is 1.